The summed E-state index contributed by atoms with van der Waals surface area (Å²) >= 11 is 0. The van der Waals surface area contributed by atoms with Crippen LogP contribution < -0.4 is 0 Å². The number of aliphatic hydroxyl groups excluding tert-OH is 1. The smallest absolute Gasteiger partial charge is 0.0836 e. The quantitative estimate of drug-likeness (QED) is 0.644. The Labute approximate surface area is 79.4 Å². The molecule has 2 rings (SSSR count). The molecule has 1 aromatic rings. The monoisotopic (exact) mass is 176 g/mol. The van der Waals surface area contributed by atoms with Crippen molar-refractivity contribution in [1.29, 1.82) is 0 Å². The number of hydrogen-bond acceptors (Lipinski definition) is 1. The maximum atomic E-state index is 9.62. The zero-order chi connectivity index (χ0) is 9.75. The second-order valence-electron chi connectivity index (χ2n) is 4.11. The molecule has 1 aliphatic carbocycles. The molecule has 0 fully saturated rings. The van der Waals surface area contributed by atoms with Gasteiger partial charge in [0.2, 0.25) is 0 Å². The third kappa shape index (κ3) is 0.969. The van der Waals surface area contributed by atoms with Crippen molar-refractivity contribution in [1.82, 2.24) is 0 Å². The minimum Gasteiger partial charge on any atom is -0.388 e. The molecule has 1 heteroatoms. The molecule has 1 aromatic carbocycles. The van der Waals surface area contributed by atoms with Gasteiger partial charge in [0.15, 0.2) is 0 Å². The van der Waals surface area contributed by atoms with E-state index in [0.717, 1.165) is 6.42 Å². The van der Waals surface area contributed by atoms with Gasteiger partial charge in [0.05, 0.1) is 6.10 Å². The van der Waals surface area contributed by atoms with Gasteiger partial charge in [-0.3, -0.25) is 0 Å². The van der Waals surface area contributed by atoms with E-state index in [2.05, 4.69) is 27.7 Å². The van der Waals surface area contributed by atoms with Crippen molar-refractivity contribution in [3.8, 4) is 0 Å². The second kappa shape index (κ2) is 2.58. The highest BCUT2D eigenvalue weighted by Gasteiger charge is 2.29. The molecule has 13 heavy (non-hydrogen) atoms. The van der Waals surface area contributed by atoms with E-state index in [4.69, 9.17) is 0 Å². The first-order valence-electron chi connectivity index (χ1n) is 4.81. The van der Waals surface area contributed by atoms with Crippen LogP contribution >= 0.6 is 0 Å². The van der Waals surface area contributed by atoms with Crippen LogP contribution in [0, 0.1) is 27.7 Å². The fraction of sp³-hybridized carbons (Fsp3) is 0.500. The average Bonchev–Trinajstić information content (AvgIpc) is 2.08. The van der Waals surface area contributed by atoms with Gasteiger partial charge in [-0.1, -0.05) is 0 Å². The Morgan fingerprint density at radius 1 is 0.923 bits per heavy atom. The number of aliphatic hydroxyl groups is 1. The van der Waals surface area contributed by atoms with Crippen LogP contribution in [0.5, 0.6) is 0 Å². The largest absolute Gasteiger partial charge is 0.388 e. The summed E-state index contributed by atoms with van der Waals surface area (Å²) in [5.41, 5.74) is 7.98. The molecule has 0 unspecified atom stereocenters. The van der Waals surface area contributed by atoms with E-state index in [1.807, 2.05) is 0 Å². The zero-order valence-corrected chi connectivity index (χ0v) is 8.73. The summed E-state index contributed by atoms with van der Waals surface area (Å²) in [5, 5.41) is 9.62. The summed E-state index contributed by atoms with van der Waals surface area (Å²) in [5.74, 6) is 0. The van der Waals surface area contributed by atoms with E-state index in [0.29, 0.717) is 0 Å². The van der Waals surface area contributed by atoms with Crippen molar-refractivity contribution in [2.75, 3.05) is 0 Å². The van der Waals surface area contributed by atoms with Gasteiger partial charge in [-0.15, -0.1) is 0 Å². The number of fused-ring (bicyclic) bond motifs is 1. The van der Waals surface area contributed by atoms with Gasteiger partial charge in [0, 0.05) is 6.42 Å². The Bertz CT molecular complexity index is 354. The van der Waals surface area contributed by atoms with Crippen molar-refractivity contribution in [2.45, 2.75) is 40.2 Å². The zero-order valence-electron chi connectivity index (χ0n) is 8.73. The standard InChI is InChI=1S/C12H16O/c1-6-7(2)9(4)12-10(8(6)3)5-11(12)13/h11,13H,5H2,1-4H3/t11-/m1/s1. The lowest BCUT2D eigenvalue weighted by Crippen LogP contribution is -2.21. The van der Waals surface area contributed by atoms with Gasteiger partial charge < -0.3 is 5.11 Å². The number of benzene rings is 1. The molecule has 0 bridgehead atoms. The van der Waals surface area contributed by atoms with Crippen LogP contribution in [0.15, 0.2) is 0 Å². The molecule has 70 valence electrons. The van der Waals surface area contributed by atoms with Crippen LogP contribution in [0.2, 0.25) is 0 Å². The molecule has 1 nitrogen and oxygen atoms in total. The second-order valence-corrected chi connectivity index (χ2v) is 4.11. The Morgan fingerprint density at radius 3 is 2.00 bits per heavy atom. The molecule has 0 saturated heterocycles. The van der Waals surface area contributed by atoms with E-state index >= 15 is 0 Å². The predicted molar refractivity (Wildman–Crippen MR) is 54.1 cm³/mol. The summed E-state index contributed by atoms with van der Waals surface area (Å²) in [6.45, 7) is 8.58. The topological polar surface area (TPSA) is 20.2 Å². The van der Waals surface area contributed by atoms with Crippen molar-refractivity contribution < 1.29 is 5.11 Å². The molecule has 0 aromatic heterocycles. The fourth-order valence-corrected chi connectivity index (χ4v) is 2.30. The SMILES string of the molecule is Cc1c(C)c(C)c2c(c1C)C[C@H]2O. The molecule has 1 N–H and O–H groups in total. The number of hydrogen-bond donors (Lipinski definition) is 1. The molecule has 0 amide bonds. The Kier molecular flexibility index (Phi) is 1.74. The van der Waals surface area contributed by atoms with E-state index in [1.165, 1.54) is 33.4 Å². The fourth-order valence-electron chi connectivity index (χ4n) is 2.30. The molecule has 0 spiro atoms. The van der Waals surface area contributed by atoms with Crippen molar-refractivity contribution in [3.63, 3.8) is 0 Å². The van der Waals surface area contributed by atoms with Gasteiger partial charge in [-0.2, -0.15) is 0 Å². The third-order valence-electron chi connectivity index (χ3n) is 3.60. The van der Waals surface area contributed by atoms with Crippen LogP contribution in [-0.2, 0) is 6.42 Å². The molecule has 0 heterocycles. The summed E-state index contributed by atoms with van der Waals surface area (Å²) in [6, 6.07) is 0. The van der Waals surface area contributed by atoms with Crippen LogP contribution in [0.4, 0.5) is 0 Å². The first-order chi connectivity index (χ1) is 6.04. The number of rotatable bonds is 0. The Morgan fingerprint density at radius 2 is 1.46 bits per heavy atom. The van der Waals surface area contributed by atoms with Crippen molar-refractivity contribution >= 4 is 0 Å². The lowest BCUT2D eigenvalue weighted by Gasteiger charge is -2.32. The average molecular weight is 176 g/mol. The molecule has 0 aliphatic heterocycles. The van der Waals surface area contributed by atoms with Gasteiger partial charge in [-0.25, -0.2) is 0 Å². The molecule has 0 radical (unpaired) electrons. The van der Waals surface area contributed by atoms with Crippen LogP contribution in [0.25, 0.3) is 0 Å². The first-order valence-corrected chi connectivity index (χ1v) is 4.81. The molecule has 1 aliphatic rings. The summed E-state index contributed by atoms with van der Waals surface area (Å²) in [4.78, 5) is 0. The predicted octanol–water partition coefficient (Wildman–Crippen LogP) is 2.51. The van der Waals surface area contributed by atoms with Gasteiger partial charge in [0.25, 0.3) is 0 Å². The van der Waals surface area contributed by atoms with E-state index < -0.39 is 0 Å². The molecule has 0 saturated carbocycles. The minimum absolute atomic E-state index is 0.201. The van der Waals surface area contributed by atoms with Gasteiger partial charge in [0.1, 0.15) is 0 Å². The molecule has 1 atom stereocenters. The van der Waals surface area contributed by atoms with Crippen LogP contribution in [0.3, 0.4) is 0 Å². The van der Waals surface area contributed by atoms with Crippen LogP contribution in [-0.4, -0.2) is 5.11 Å². The molecular formula is C12H16O. The highest BCUT2D eigenvalue weighted by molar-refractivity contribution is 5.55. The van der Waals surface area contributed by atoms with E-state index in [9.17, 15) is 5.11 Å². The highest BCUT2D eigenvalue weighted by atomic mass is 16.3. The maximum absolute atomic E-state index is 9.62. The Hall–Kier alpha value is -0.820. The first kappa shape index (κ1) is 8.76. The summed E-state index contributed by atoms with van der Waals surface area (Å²) < 4.78 is 0. The highest BCUT2D eigenvalue weighted by Crippen LogP contribution is 2.40. The van der Waals surface area contributed by atoms with E-state index in [1.54, 1.807) is 0 Å². The third-order valence-corrected chi connectivity index (χ3v) is 3.60. The normalized spacial score (nSPS) is 19.6. The van der Waals surface area contributed by atoms with Gasteiger partial charge >= 0.3 is 0 Å². The van der Waals surface area contributed by atoms with Crippen molar-refractivity contribution in [2.24, 2.45) is 0 Å². The van der Waals surface area contributed by atoms with E-state index in [-0.39, 0.29) is 6.10 Å². The maximum Gasteiger partial charge on any atom is 0.0836 e. The Balaban J connectivity index is 2.75. The lowest BCUT2D eigenvalue weighted by molar-refractivity contribution is 0.152. The lowest BCUT2D eigenvalue weighted by atomic mass is 9.76. The van der Waals surface area contributed by atoms with Crippen molar-refractivity contribution in [3.05, 3.63) is 33.4 Å². The van der Waals surface area contributed by atoms with Gasteiger partial charge in [-0.05, 0) is 61.1 Å². The minimum atomic E-state index is -0.201. The van der Waals surface area contributed by atoms with Crippen LogP contribution in [0.1, 0.15) is 39.5 Å². The summed E-state index contributed by atoms with van der Waals surface area (Å²) in [7, 11) is 0. The molecular weight excluding hydrogens is 160 g/mol. The summed E-state index contributed by atoms with van der Waals surface area (Å²) in [6.07, 6.45) is 0.649.